The summed E-state index contributed by atoms with van der Waals surface area (Å²) in [7, 11) is 0. The zero-order chi connectivity index (χ0) is 16.2. The Morgan fingerprint density at radius 1 is 1.27 bits per heavy atom. The van der Waals surface area contributed by atoms with E-state index < -0.39 is 18.0 Å². The Kier molecular flexibility index (Phi) is 4.44. The van der Waals surface area contributed by atoms with Crippen LogP contribution in [0.25, 0.3) is 0 Å². The quantitative estimate of drug-likeness (QED) is 0.899. The summed E-state index contributed by atoms with van der Waals surface area (Å²) < 4.78 is 40.7. The molecule has 116 valence electrons. The van der Waals surface area contributed by atoms with E-state index in [0.717, 1.165) is 6.07 Å². The minimum atomic E-state index is -4.88. The Balaban J connectivity index is 2.09. The Morgan fingerprint density at radius 2 is 2.00 bits per heavy atom. The van der Waals surface area contributed by atoms with Crippen molar-refractivity contribution in [2.45, 2.75) is 12.9 Å². The van der Waals surface area contributed by atoms with Gasteiger partial charge in [0.1, 0.15) is 17.4 Å². The minimum absolute atomic E-state index is 0.0791. The molecule has 0 aliphatic heterocycles. The first-order valence-electron chi connectivity index (χ1n) is 6.05. The van der Waals surface area contributed by atoms with Crippen LogP contribution in [0.3, 0.4) is 0 Å². The molecule has 1 heterocycles. The van der Waals surface area contributed by atoms with Gasteiger partial charge >= 0.3 is 6.36 Å². The number of halogens is 3. The number of para-hydroxylation sites is 1. The Morgan fingerprint density at radius 3 is 2.68 bits per heavy atom. The maximum absolute atomic E-state index is 12.3. The first-order valence-corrected chi connectivity index (χ1v) is 6.05. The van der Waals surface area contributed by atoms with E-state index in [4.69, 9.17) is 5.73 Å². The van der Waals surface area contributed by atoms with Crippen LogP contribution in [0.15, 0.2) is 36.5 Å². The van der Waals surface area contributed by atoms with Crippen molar-refractivity contribution in [1.29, 1.82) is 0 Å². The molecule has 0 unspecified atom stereocenters. The number of rotatable bonds is 4. The highest BCUT2D eigenvalue weighted by atomic mass is 19.4. The van der Waals surface area contributed by atoms with E-state index in [0.29, 0.717) is 0 Å². The van der Waals surface area contributed by atoms with Crippen LogP contribution in [0, 0.1) is 0 Å². The fraction of sp³-hybridized carbons (Fsp3) is 0.154. The number of aromatic nitrogens is 2. The molecule has 0 aliphatic carbocycles. The summed E-state index contributed by atoms with van der Waals surface area (Å²) in [4.78, 5) is 19.7. The van der Waals surface area contributed by atoms with Gasteiger partial charge in [-0.25, -0.2) is 9.97 Å². The number of nitrogens with one attached hydrogen (secondary N) is 1. The summed E-state index contributed by atoms with van der Waals surface area (Å²) >= 11 is 0. The van der Waals surface area contributed by atoms with Gasteiger partial charge in [-0.2, -0.15) is 0 Å². The standard InChI is InChI=1S/C13H11F3N4O2/c14-13(15,16)22-9-4-2-1-3-8(9)12(21)19-7-11-18-6-5-10(17)20-11/h1-6H,7H2,(H,19,21)(H2,17,18,20). The summed E-state index contributed by atoms with van der Waals surface area (Å²) in [5, 5.41) is 2.40. The van der Waals surface area contributed by atoms with Crippen LogP contribution in [0.5, 0.6) is 5.75 Å². The van der Waals surface area contributed by atoms with Gasteiger partial charge in [-0.3, -0.25) is 4.79 Å². The molecule has 0 atom stereocenters. The van der Waals surface area contributed by atoms with Crippen molar-refractivity contribution < 1.29 is 22.7 Å². The van der Waals surface area contributed by atoms with E-state index in [1.54, 1.807) is 0 Å². The van der Waals surface area contributed by atoms with Crippen molar-refractivity contribution in [3.05, 3.63) is 47.9 Å². The van der Waals surface area contributed by atoms with Gasteiger partial charge in [0, 0.05) is 6.20 Å². The predicted molar refractivity (Wildman–Crippen MR) is 70.7 cm³/mol. The highest BCUT2D eigenvalue weighted by Gasteiger charge is 2.32. The number of hydrogen-bond donors (Lipinski definition) is 2. The molecule has 9 heteroatoms. The summed E-state index contributed by atoms with van der Waals surface area (Å²) in [5.41, 5.74) is 5.21. The Bertz CT molecular complexity index is 676. The summed E-state index contributed by atoms with van der Waals surface area (Å²) in [5.74, 6) is -0.866. The normalized spacial score (nSPS) is 11.0. The molecule has 0 fully saturated rings. The van der Waals surface area contributed by atoms with Crippen molar-refractivity contribution in [1.82, 2.24) is 15.3 Å². The topological polar surface area (TPSA) is 90.1 Å². The zero-order valence-electron chi connectivity index (χ0n) is 11.1. The lowest BCUT2D eigenvalue weighted by Gasteiger charge is -2.12. The smallest absolute Gasteiger partial charge is 0.405 e. The fourth-order valence-corrected chi connectivity index (χ4v) is 1.62. The van der Waals surface area contributed by atoms with E-state index in [-0.39, 0.29) is 23.8 Å². The molecule has 0 bridgehead atoms. The monoisotopic (exact) mass is 312 g/mol. The minimum Gasteiger partial charge on any atom is -0.405 e. The SMILES string of the molecule is Nc1ccnc(CNC(=O)c2ccccc2OC(F)(F)F)n1. The van der Waals surface area contributed by atoms with E-state index in [9.17, 15) is 18.0 Å². The number of carbonyl (C=O) groups is 1. The van der Waals surface area contributed by atoms with Gasteiger partial charge < -0.3 is 15.8 Å². The molecule has 1 aromatic heterocycles. The lowest BCUT2D eigenvalue weighted by molar-refractivity contribution is -0.274. The number of nitrogens with zero attached hydrogens (tertiary/aromatic N) is 2. The molecular weight excluding hydrogens is 301 g/mol. The van der Waals surface area contributed by atoms with Crippen LogP contribution in [0.1, 0.15) is 16.2 Å². The predicted octanol–water partition coefficient (Wildman–Crippen LogP) is 1.89. The third-order valence-electron chi connectivity index (χ3n) is 2.49. The zero-order valence-corrected chi connectivity index (χ0v) is 11.1. The van der Waals surface area contributed by atoms with Gasteiger partial charge in [-0.15, -0.1) is 13.2 Å². The summed E-state index contributed by atoms with van der Waals surface area (Å²) in [6.07, 6.45) is -3.47. The van der Waals surface area contributed by atoms with Crippen molar-refractivity contribution in [3.8, 4) is 5.75 Å². The maximum atomic E-state index is 12.3. The van der Waals surface area contributed by atoms with E-state index in [2.05, 4.69) is 20.0 Å². The number of amides is 1. The van der Waals surface area contributed by atoms with Gasteiger partial charge in [0.05, 0.1) is 12.1 Å². The average Bonchev–Trinajstić information content (AvgIpc) is 2.44. The molecule has 0 aliphatic rings. The van der Waals surface area contributed by atoms with Gasteiger partial charge in [0.2, 0.25) is 0 Å². The molecule has 0 saturated heterocycles. The molecule has 1 aromatic carbocycles. The molecule has 0 saturated carbocycles. The molecule has 1 amide bonds. The summed E-state index contributed by atoms with van der Waals surface area (Å²) in [6, 6.07) is 6.50. The van der Waals surface area contributed by atoms with Crippen molar-refractivity contribution in [3.63, 3.8) is 0 Å². The molecule has 2 aromatic rings. The average molecular weight is 312 g/mol. The number of ether oxygens (including phenoxy) is 1. The number of nitrogens with two attached hydrogens (primary N) is 1. The van der Waals surface area contributed by atoms with Crippen LogP contribution in [-0.4, -0.2) is 22.2 Å². The van der Waals surface area contributed by atoms with Crippen LogP contribution in [0.4, 0.5) is 19.0 Å². The maximum Gasteiger partial charge on any atom is 0.573 e. The third-order valence-corrected chi connectivity index (χ3v) is 2.49. The second kappa shape index (κ2) is 6.29. The van der Waals surface area contributed by atoms with Crippen LogP contribution >= 0.6 is 0 Å². The van der Waals surface area contributed by atoms with Crippen molar-refractivity contribution >= 4 is 11.7 Å². The second-order valence-electron chi connectivity index (χ2n) is 4.12. The molecule has 2 rings (SSSR count). The first kappa shape index (κ1) is 15.5. The largest absolute Gasteiger partial charge is 0.573 e. The molecule has 0 spiro atoms. The van der Waals surface area contributed by atoms with Crippen LogP contribution in [0.2, 0.25) is 0 Å². The van der Waals surface area contributed by atoms with Crippen LogP contribution in [-0.2, 0) is 6.54 Å². The number of nitrogen functional groups attached to an aromatic ring is 1. The van der Waals surface area contributed by atoms with Gasteiger partial charge in [0.25, 0.3) is 5.91 Å². The van der Waals surface area contributed by atoms with Gasteiger partial charge in [-0.05, 0) is 18.2 Å². The highest BCUT2D eigenvalue weighted by molar-refractivity contribution is 5.96. The number of benzene rings is 1. The fourth-order valence-electron chi connectivity index (χ4n) is 1.62. The first-order chi connectivity index (χ1) is 10.3. The molecule has 6 nitrogen and oxygen atoms in total. The van der Waals surface area contributed by atoms with Crippen molar-refractivity contribution in [2.75, 3.05) is 5.73 Å². The Labute approximate surface area is 123 Å². The molecule has 0 radical (unpaired) electrons. The van der Waals surface area contributed by atoms with E-state index in [1.807, 2.05) is 0 Å². The third kappa shape index (κ3) is 4.33. The number of anilines is 1. The van der Waals surface area contributed by atoms with Crippen molar-refractivity contribution in [2.24, 2.45) is 0 Å². The highest BCUT2D eigenvalue weighted by Crippen LogP contribution is 2.26. The van der Waals surface area contributed by atoms with Gasteiger partial charge in [0.15, 0.2) is 0 Å². The van der Waals surface area contributed by atoms with E-state index >= 15 is 0 Å². The number of carbonyl (C=O) groups excluding carboxylic acids is 1. The number of hydrogen-bond acceptors (Lipinski definition) is 5. The lowest BCUT2D eigenvalue weighted by atomic mass is 10.2. The van der Waals surface area contributed by atoms with Gasteiger partial charge in [-0.1, -0.05) is 12.1 Å². The molecule has 3 N–H and O–H groups in total. The second-order valence-corrected chi connectivity index (χ2v) is 4.12. The van der Waals surface area contributed by atoms with Crippen LogP contribution < -0.4 is 15.8 Å². The Hall–Kier alpha value is -2.84. The number of alkyl halides is 3. The van der Waals surface area contributed by atoms with E-state index in [1.165, 1.54) is 30.5 Å². The lowest BCUT2D eigenvalue weighted by Crippen LogP contribution is -2.26. The summed E-state index contributed by atoms with van der Waals surface area (Å²) in [6.45, 7) is -0.0791. The molecule has 22 heavy (non-hydrogen) atoms. The molecular formula is C13H11F3N4O2.